The van der Waals surface area contributed by atoms with Gasteiger partial charge in [-0.15, -0.1) is 0 Å². The lowest BCUT2D eigenvalue weighted by Gasteiger charge is -2.42. The number of carbonyl (C=O) groups is 1. The van der Waals surface area contributed by atoms with Gasteiger partial charge in [-0.3, -0.25) is 4.79 Å². The van der Waals surface area contributed by atoms with Crippen LogP contribution in [-0.4, -0.2) is 24.7 Å². The third-order valence-corrected chi connectivity index (χ3v) is 5.80. The summed E-state index contributed by atoms with van der Waals surface area (Å²) < 4.78 is 17.7. The van der Waals surface area contributed by atoms with E-state index in [1.807, 2.05) is 55.5 Å². The van der Waals surface area contributed by atoms with E-state index in [4.69, 9.17) is 14.2 Å². The van der Waals surface area contributed by atoms with Gasteiger partial charge in [0, 0.05) is 12.0 Å². The second-order valence-electron chi connectivity index (χ2n) is 7.46. The Bertz CT molecular complexity index is 831. The first-order valence-electron chi connectivity index (χ1n) is 10.4. The molecule has 2 atom stereocenters. The number of para-hydroxylation sites is 3. The van der Waals surface area contributed by atoms with Crippen molar-refractivity contribution < 1.29 is 19.0 Å². The monoisotopic (exact) mass is 397 g/mol. The maximum atomic E-state index is 13.1. The number of hydrogen-bond acceptors (Lipinski definition) is 4. The summed E-state index contributed by atoms with van der Waals surface area (Å²) in [6, 6.07) is 15.2. The van der Waals surface area contributed by atoms with Gasteiger partial charge < -0.3 is 19.5 Å². The van der Waals surface area contributed by atoms with E-state index in [2.05, 4.69) is 19.2 Å². The minimum Gasteiger partial charge on any atom is -0.493 e. The molecule has 156 valence electrons. The van der Waals surface area contributed by atoms with Crippen LogP contribution in [0.2, 0.25) is 0 Å². The SMILES string of the molecule is CCC(Oc1ccccc1OC)C(=O)NC1CC(CC)(CC)Oc2ccccc21. The molecule has 1 heterocycles. The number of benzene rings is 2. The van der Waals surface area contributed by atoms with Crippen LogP contribution >= 0.6 is 0 Å². The number of ether oxygens (including phenoxy) is 3. The van der Waals surface area contributed by atoms with Crippen LogP contribution in [0.5, 0.6) is 17.2 Å². The van der Waals surface area contributed by atoms with Gasteiger partial charge in [-0.25, -0.2) is 0 Å². The van der Waals surface area contributed by atoms with E-state index in [0.717, 1.165) is 30.6 Å². The van der Waals surface area contributed by atoms with Gasteiger partial charge in [-0.2, -0.15) is 0 Å². The Balaban J connectivity index is 1.80. The van der Waals surface area contributed by atoms with Crippen LogP contribution in [0.3, 0.4) is 0 Å². The molecule has 0 bridgehead atoms. The molecule has 1 N–H and O–H groups in total. The van der Waals surface area contributed by atoms with Crippen molar-refractivity contribution >= 4 is 5.91 Å². The maximum Gasteiger partial charge on any atom is 0.261 e. The van der Waals surface area contributed by atoms with E-state index in [9.17, 15) is 4.79 Å². The average molecular weight is 398 g/mol. The van der Waals surface area contributed by atoms with Crippen molar-refractivity contribution in [1.29, 1.82) is 0 Å². The van der Waals surface area contributed by atoms with E-state index < -0.39 is 6.10 Å². The molecule has 2 aromatic carbocycles. The third kappa shape index (κ3) is 4.50. The molecule has 1 amide bonds. The zero-order valence-electron chi connectivity index (χ0n) is 17.7. The number of methoxy groups -OCH3 is 1. The lowest BCUT2D eigenvalue weighted by molar-refractivity contribution is -0.129. The normalized spacial score (nSPS) is 18.1. The molecule has 0 saturated carbocycles. The lowest BCUT2D eigenvalue weighted by atomic mass is 9.83. The van der Waals surface area contributed by atoms with E-state index in [1.54, 1.807) is 7.11 Å². The Morgan fingerprint density at radius 1 is 1.10 bits per heavy atom. The fourth-order valence-corrected chi connectivity index (χ4v) is 3.89. The molecule has 0 saturated heterocycles. The van der Waals surface area contributed by atoms with Crippen molar-refractivity contribution in [3.05, 3.63) is 54.1 Å². The van der Waals surface area contributed by atoms with Gasteiger partial charge in [0.15, 0.2) is 17.6 Å². The van der Waals surface area contributed by atoms with Gasteiger partial charge in [-0.1, -0.05) is 51.1 Å². The fraction of sp³-hybridized carbons (Fsp3) is 0.458. The summed E-state index contributed by atoms with van der Waals surface area (Å²) in [5, 5.41) is 3.22. The topological polar surface area (TPSA) is 56.8 Å². The molecule has 5 nitrogen and oxygen atoms in total. The van der Waals surface area contributed by atoms with E-state index in [-0.39, 0.29) is 17.6 Å². The number of hydrogen-bond donors (Lipinski definition) is 1. The largest absolute Gasteiger partial charge is 0.493 e. The predicted octanol–water partition coefficient (Wildman–Crippen LogP) is 5.05. The highest BCUT2D eigenvalue weighted by Gasteiger charge is 2.39. The molecule has 0 aromatic heterocycles. The van der Waals surface area contributed by atoms with Crippen molar-refractivity contribution in [2.75, 3.05) is 7.11 Å². The molecule has 5 heteroatoms. The maximum absolute atomic E-state index is 13.1. The summed E-state index contributed by atoms with van der Waals surface area (Å²) in [7, 11) is 1.59. The minimum absolute atomic E-state index is 0.109. The van der Waals surface area contributed by atoms with Crippen LogP contribution < -0.4 is 19.5 Å². The third-order valence-electron chi connectivity index (χ3n) is 5.80. The van der Waals surface area contributed by atoms with E-state index in [1.165, 1.54) is 0 Å². The van der Waals surface area contributed by atoms with Crippen molar-refractivity contribution in [1.82, 2.24) is 5.32 Å². The Morgan fingerprint density at radius 3 is 2.41 bits per heavy atom. The highest BCUT2D eigenvalue weighted by molar-refractivity contribution is 5.81. The number of fused-ring (bicyclic) bond motifs is 1. The molecular weight excluding hydrogens is 366 g/mol. The fourth-order valence-electron chi connectivity index (χ4n) is 3.89. The van der Waals surface area contributed by atoms with E-state index in [0.29, 0.717) is 17.9 Å². The van der Waals surface area contributed by atoms with Crippen LogP contribution in [0.15, 0.2) is 48.5 Å². The summed E-state index contributed by atoms with van der Waals surface area (Å²) in [5.74, 6) is 1.92. The lowest BCUT2D eigenvalue weighted by Crippen LogP contribution is -2.47. The van der Waals surface area contributed by atoms with Crippen LogP contribution in [0.4, 0.5) is 0 Å². The molecule has 1 aliphatic heterocycles. The smallest absolute Gasteiger partial charge is 0.261 e. The Hall–Kier alpha value is -2.69. The molecular formula is C24H31NO4. The number of amides is 1. The second kappa shape index (κ2) is 9.21. The first-order valence-corrected chi connectivity index (χ1v) is 10.4. The molecule has 2 aromatic rings. The summed E-state index contributed by atoms with van der Waals surface area (Å²) >= 11 is 0. The first-order chi connectivity index (χ1) is 14.1. The first kappa shape index (κ1) is 21.0. The number of carbonyl (C=O) groups excluding carboxylic acids is 1. The second-order valence-corrected chi connectivity index (χ2v) is 7.46. The molecule has 0 aliphatic carbocycles. The highest BCUT2D eigenvalue weighted by Crippen LogP contribution is 2.42. The summed E-state index contributed by atoms with van der Waals surface area (Å²) in [6.07, 6.45) is 2.48. The van der Waals surface area contributed by atoms with Crippen LogP contribution in [0, 0.1) is 0 Å². The molecule has 29 heavy (non-hydrogen) atoms. The van der Waals surface area contributed by atoms with Crippen LogP contribution in [0.1, 0.15) is 58.1 Å². The van der Waals surface area contributed by atoms with E-state index >= 15 is 0 Å². The van der Waals surface area contributed by atoms with Gasteiger partial charge in [0.1, 0.15) is 11.4 Å². The van der Waals surface area contributed by atoms with Gasteiger partial charge in [0.2, 0.25) is 0 Å². The van der Waals surface area contributed by atoms with Crippen molar-refractivity contribution in [3.8, 4) is 17.2 Å². The van der Waals surface area contributed by atoms with Gasteiger partial charge in [0.05, 0.1) is 13.2 Å². The molecule has 0 spiro atoms. The molecule has 1 aliphatic rings. The Labute approximate surface area is 173 Å². The average Bonchev–Trinajstić information content (AvgIpc) is 2.77. The summed E-state index contributed by atoms with van der Waals surface area (Å²) in [6.45, 7) is 6.21. The summed E-state index contributed by atoms with van der Waals surface area (Å²) in [5.41, 5.74) is 0.753. The summed E-state index contributed by atoms with van der Waals surface area (Å²) in [4.78, 5) is 13.1. The van der Waals surface area contributed by atoms with Crippen molar-refractivity contribution in [3.63, 3.8) is 0 Å². The standard InChI is InChI=1S/C24H31NO4/c1-5-19(28-22-15-11-10-14-21(22)27-4)23(26)25-18-16-24(6-2,7-3)29-20-13-9-8-12-17(18)20/h8-15,18-19H,5-7,16H2,1-4H3,(H,25,26). The van der Waals surface area contributed by atoms with Crippen LogP contribution in [-0.2, 0) is 4.79 Å². The zero-order valence-corrected chi connectivity index (χ0v) is 17.7. The molecule has 0 radical (unpaired) electrons. The predicted molar refractivity (Wildman–Crippen MR) is 114 cm³/mol. The Kier molecular flexibility index (Phi) is 6.68. The van der Waals surface area contributed by atoms with Gasteiger partial charge >= 0.3 is 0 Å². The number of nitrogens with one attached hydrogen (secondary N) is 1. The van der Waals surface area contributed by atoms with Crippen LogP contribution in [0.25, 0.3) is 0 Å². The molecule has 2 unspecified atom stereocenters. The molecule has 3 rings (SSSR count). The minimum atomic E-state index is -0.598. The van der Waals surface area contributed by atoms with Crippen molar-refractivity contribution in [2.24, 2.45) is 0 Å². The quantitative estimate of drug-likeness (QED) is 0.677. The zero-order chi connectivity index (χ0) is 20.9. The number of rotatable bonds is 8. The Morgan fingerprint density at radius 2 is 1.76 bits per heavy atom. The highest BCUT2D eigenvalue weighted by atomic mass is 16.5. The molecule has 0 fully saturated rings. The van der Waals surface area contributed by atoms with Gasteiger partial charge in [-0.05, 0) is 37.5 Å². The van der Waals surface area contributed by atoms with Gasteiger partial charge in [0.25, 0.3) is 5.91 Å². The van der Waals surface area contributed by atoms with Crippen molar-refractivity contribution in [2.45, 2.75) is 64.2 Å².